The zero-order chi connectivity index (χ0) is 65.7. The molecule has 19 heteroatoms. The highest BCUT2D eigenvalue weighted by molar-refractivity contribution is 7.47. The number of hydrogen-bond donors (Lipinski definition) is 3. The van der Waals surface area contributed by atoms with Crippen molar-refractivity contribution in [2.24, 2.45) is 11.8 Å². The van der Waals surface area contributed by atoms with E-state index in [9.17, 15) is 43.2 Å². The normalized spacial score (nSPS) is 14.4. The number of carbonyl (C=O) groups is 4. The highest BCUT2D eigenvalue weighted by atomic mass is 31.2. The summed E-state index contributed by atoms with van der Waals surface area (Å²) in [7, 11) is -9.89. The lowest BCUT2D eigenvalue weighted by molar-refractivity contribution is -0.161. The Morgan fingerprint density at radius 1 is 0.326 bits per heavy atom. The van der Waals surface area contributed by atoms with E-state index in [1.807, 2.05) is 0 Å². The predicted molar refractivity (Wildman–Crippen MR) is 358 cm³/mol. The van der Waals surface area contributed by atoms with Crippen LogP contribution >= 0.6 is 15.6 Å². The summed E-state index contributed by atoms with van der Waals surface area (Å²) < 4.78 is 68.1. The van der Waals surface area contributed by atoms with Crippen LogP contribution in [-0.4, -0.2) is 96.7 Å². The van der Waals surface area contributed by atoms with Crippen molar-refractivity contribution in [1.29, 1.82) is 0 Å². The number of ether oxygens (including phenoxy) is 4. The van der Waals surface area contributed by atoms with E-state index in [4.69, 9.17) is 37.0 Å². The number of esters is 4. The number of unbranched alkanes of at least 4 members (excludes halogenated alkanes) is 38. The van der Waals surface area contributed by atoms with Gasteiger partial charge in [0.05, 0.1) is 26.4 Å². The molecule has 3 N–H and O–H groups in total. The second-order valence-electron chi connectivity index (χ2n) is 26.0. The van der Waals surface area contributed by atoms with E-state index >= 15 is 0 Å². The fourth-order valence-electron chi connectivity index (χ4n) is 10.6. The van der Waals surface area contributed by atoms with E-state index in [0.29, 0.717) is 25.7 Å². The Morgan fingerprint density at radius 3 is 0.854 bits per heavy atom. The molecule has 0 aliphatic heterocycles. The molecule has 0 aromatic rings. The van der Waals surface area contributed by atoms with Crippen molar-refractivity contribution in [3.63, 3.8) is 0 Å². The van der Waals surface area contributed by atoms with Crippen LogP contribution in [0.25, 0.3) is 0 Å². The fourth-order valence-corrected chi connectivity index (χ4v) is 12.1. The van der Waals surface area contributed by atoms with Crippen molar-refractivity contribution >= 4 is 39.5 Å². The van der Waals surface area contributed by atoms with Gasteiger partial charge in [-0.1, -0.05) is 305 Å². The van der Waals surface area contributed by atoms with Gasteiger partial charge in [0.15, 0.2) is 12.2 Å². The Morgan fingerprint density at radius 2 is 0.573 bits per heavy atom. The van der Waals surface area contributed by atoms with Crippen LogP contribution in [0.15, 0.2) is 0 Å². The number of carbonyl (C=O) groups excluding carboxylic acids is 4. The summed E-state index contributed by atoms with van der Waals surface area (Å²) in [6.45, 7) is 9.50. The van der Waals surface area contributed by atoms with Gasteiger partial charge >= 0.3 is 39.5 Å². The van der Waals surface area contributed by atoms with Gasteiger partial charge in [-0.2, -0.15) is 0 Å². The Hall–Kier alpha value is -1.94. The van der Waals surface area contributed by atoms with Gasteiger partial charge in [-0.25, -0.2) is 9.13 Å². The molecule has 3 unspecified atom stereocenters. The second-order valence-corrected chi connectivity index (χ2v) is 28.9. The molecule has 0 rings (SSSR count). The second kappa shape index (κ2) is 62.2. The Bertz CT molecular complexity index is 1740. The summed E-state index contributed by atoms with van der Waals surface area (Å²) in [5, 5.41) is 10.6. The molecule has 89 heavy (non-hydrogen) atoms. The van der Waals surface area contributed by atoms with E-state index < -0.39 is 97.5 Å². The Labute approximate surface area is 543 Å². The molecule has 0 saturated carbocycles. The quantitative estimate of drug-likeness (QED) is 0.0222. The van der Waals surface area contributed by atoms with Gasteiger partial charge in [0.2, 0.25) is 0 Å². The van der Waals surface area contributed by atoms with Gasteiger partial charge in [-0.05, 0) is 37.5 Å². The molecule has 0 aromatic heterocycles. The minimum absolute atomic E-state index is 0.105. The van der Waals surface area contributed by atoms with Crippen LogP contribution < -0.4 is 0 Å². The van der Waals surface area contributed by atoms with E-state index in [1.165, 1.54) is 167 Å². The smallest absolute Gasteiger partial charge is 0.462 e. The van der Waals surface area contributed by atoms with Gasteiger partial charge in [0, 0.05) is 25.7 Å². The van der Waals surface area contributed by atoms with E-state index in [1.54, 1.807) is 0 Å². The van der Waals surface area contributed by atoms with Crippen LogP contribution in [0.2, 0.25) is 0 Å². The van der Waals surface area contributed by atoms with Gasteiger partial charge in [0.25, 0.3) is 0 Å². The molecule has 0 spiro atoms. The summed E-state index contributed by atoms with van der Waals surface area (Å²) in [6.07, 6.45) is 47.4. The third-order valence-corrected chi connectivity index (χ3v) is 18.5. The van der Waals surface area contributed by atoms with Crippen molar-refractivity contribution in [2.75, 3.05) is 39.6 Å². The monoisotopic (exact) mass is 1310 g/mol. The van der Waals surface area contributed by atoms with Crippen molar-refractivity contribution in [2.45, 2.75) is 374 Å². The van der Waals surface area contributed by atoms with Crippen LogP contribution in [0, 0.1) is 11.8 Å². The molecule has 0 radical (unpaired) electrons. The molecule has 0 aliphatic carbocycles. The topological polar surface area (TPSA) is 237 Å². The lowest BCUT2D eigenvalue weighted by Gasteiger charge is -2.21. The number of phosphoric ester groups is 2. The van der Waals surface area contributed by atoms with Gasteiger partial charge < -0.3 is 33.8 Å². The largest absolute Gasteiger partial charge is 0.472 e. The first-order valence-corrected chi connectivity index (χ1v) is 39.5. The molecule has 0 fully saturated rings. The fraction of sp³-hybridized carbons (Fsp3) is 0.943. The zero-order valence-corrected chi connectivity index (χ0v) is 59.5. The molecule has 0 amide bonds. The summed E-state index contributed by atoms with van der Waals surface area (Å²) >= 11 is 0. The van der Waals surface area contributed by atoms with Crippen LogP contribution in [0.3, 0.4) is 0 Å². The number of rotatable bonds is 69. The molecular weight excluding hydrogens is 1170 g/mol. The molecule has 528 valence electrons. The van der Waals surface area contributed by atoms with E-state index in [-0.39, 0.29) is 25.7 Å². The molecule has 0 aromatic carbocycles. The summed E-state index contributed by atoms with van der Waals surface area (Å²) in [5.74, 6) is -0.554. The average Bonchev–Trinajstić information content (AvgIpc) is 3.62. The lowest BCUT2D eigenvalue weighted by Crippen LogP contribution is -2.30. The maximum absolute atomic E-state index is 13.0. The van der Waals surface area contributed by atoms with Gasteiger partial charge in [-0.3, -0.25) is 37.3 Å². The van der Waals surface area contributed by atoms with E-state index in [2.05, 4.69) is 41.5 Å². The molecule has 0 bridgehead atoms. The predicted octanol–water partition coefficient (Wildman–Crippen LogP) is 20.0. The zero-order valence-electron chi connectivity index (χ0n) is 57.7. The average molecular weight is 1310 g/mol. The summed E-state index contributed by atoms with van der Waals surface area (Å²) in [6, 6.07) is 0. The lowest BCUT2D eigenvalue weighted by atomic mass is 9.99. The third kappa shape index (κ3) is 63.2. The maximum atomic E-state index is 13.0. The minimum atomic E-state index is -4.95. The molecular formula is C70H136O17P2. The van der Waals surface area contributed by atoms with E-state index in [0.717, 1.165) is 108 Å². The molecule has 17 nitrogen and oxygen atoms in total. The molecule has 6 atom stereocenters. The highest BCUT2D eigenvalue weighted by Gasteiger charge is 2.30. The van der Waals surface area contributed by atoms with Crippen molar-refractivity contribution in [1.82, 2.24) is 0 Å². The first kappa shape index (κ1) is 87.1. The number of aliphatic hydroxyl groups excluding tert-OH is 1. The third-order valence-electron chi connectivity index (χ3n) is 16.6. The van der Waals surface area contributed by atoms with Crippen LogP contribution in [0.1, 0.15) is 356 Å². The summed E-state index contributed by atoms with van der Waals surface area (Å²) in [5.41, 5.74) is 0. The minimum Gasteiger partial charge on any atom is -0.462 e. The summed E-state index contributed by atoms with van der Waals surface area (Å²) in [4.78, 5) is 72.3. The Kier molecular flexibility index (Phi) is 60.8. The SMILES string of the molecule is CCCCCCCCCCCCCCCCCC(=O)OC[C@H](COP(=O)(O)OC[C@@H](O)COP(=O)(O)OC[C@@H](COC(=O)CCCCCCC)OC(=O)CCCCCCCCCCCCC(C)CC)OC(=O)CCCCCCCCCCCCCCC(C)C. The Balaban J connectivity index is 5.17. The van der Waals surface area contributed by atoms with Crippen LogP contribution in [-0.2, 0) is 65.4 Å². The van der Waals surface area contributed by atoms with Crippen molar-refractivity contribution < 1.29 is 80.2 Å². The van der Waals surface area contributed by atoms with Crippen LogP contribution in [0.5, 0.6) is 0 Å². The molecule has 0 aliphatic rings. The highest BCUT2D eigenvalue weighted by Crippen LogP contribution is 2.45. The van der Waals surface area contributed by atoms with Crippen molar-refractivity contribution in [3.05, 3.63) is 0 Å². The van der Waals surface area contributed by atoms with Gasteiger partial charge in [-0.15, -0.1) is 0 Å². The molecule has 0 saturated heterocycles. The number of hydrogen-bond acceptors (Lipinski definition) is 15. The van der Waals surface area contributed by atoms with Crippen molar-refractivity contribution in [3.8, 4) is 0 Å². The first-order chi connectivity index (χ1) is 42.9. The molecule has 0 heterocycles. The maximum Gasteiger partial charge on any atom is 0.472 e. The number of phosphoric acid groups is 2. The van der Waals surface area contributed by atoms with Gasteiger partial charge in [0.1, 0.15) is 19.3 Å². The van der Waals surface area contributed by atoms with Crippen LogP contribution in [0.4, 0.5) is 0 Å². The first-order valence-electron chi connectivity index (χ1n) is 36.5. The standard InChI is InChI=1S/C70H136O17P2/c1-7-10-12-14-15-16-17-18-19-20-24-30-35-41-47-53-68(73)81-59-66(87-70(75)54-48-42-36-31-25-22-21-23-28-33-39-44-50-62(4)5)61-85-89(78,79)83-57-64(71)56-82-88(76,77)84-60-65(58-80-67(72)52-46-38-13-11-8-2)86-69(74)55-49-43-37-32-27-26-29-34-40-45-51-63(6)9-3/h62-66,71H,7-61H2,1-6H3,(H,76,77)(H,78,79)/t63?,64-,65+,66+/m0/s1. The number of aliphatic hydroxyl groups is 1.